The zero-order valence-electron chi connectivity index (χ0n) is 18.8. The zero-order valence-corrected chi connectivity index (χ0v) is 19.6. The molecule has 0 saturated carbocycles. The number of hydrogen-bond donors (Lipinski definition) is 3. The predicted molar refractivity (Wildman–Crippen MR) is 118 cm³/mol. The minimum absolute atomic E-state index is 0.0816. The molecule has 34 heavy (non-hydrogen) atoms. The van der Waals surface area contributed by atoms with Crippen molar-refractivity contribution in [2.24, 2.45) is 0 Å². The lowest BCUT2D eigenvalue weighted by atomic mass is 10.0. The molecule has 1 aromatic heterocycles. The van der Waals surface area contributed by atoms with Gasteiger partial charge in [0.05, 0.1) is 37.7 Å². The number of alkyl halides is 3. The summed E-state index contributed by atoms with van der Waals surface area (Å²) in [7, 11) is 3.04. The van der Waals surface area contributed by atoms with E-state index in [4.69, 9.17) is 9.47 Å². The van der Waals surface area contributed by atoms with Gasteiger partial charge in [0.25, 0.3) is 5.91 Å². The van der Waals surface area contributed by atoms with Gasteiger partial charge in [-0.2, -0.15) is 13.2 Å². The fraction of sp³-hybridized carbons (Fsp3) is 0.409. The molecule has 184 valence electrons. The number of likely N-dealkylation sites (N-methyl/N-ethyl adjacent to an activating group) is 1. The topological polar surface area (TPSA) is 98.2 Å². The molecule has 0 radical (unpaired) electrons. The molecule has 2 heterocycles. The number of hydrogen-bond acceptors (Lipinski definition) is 7. The van der Waals surface area contributed by atoms with E-state index in [1.165, 1.54) is 31.2 Å². The molecule has 0 saturated heterocycles. The first-order valence-corrected chi connectivity index (χ1v) is 11.3. The lowest BCUT2D eigenvalue weighted by molar-refractivity contribution is -0.895. The minimum atomic E-state index is -5.33. The number of quaternary nitrogens is 1. The first kappa shape index (κ1) is 25.5. The van der Waals surface area contributed by atoms with Crippen LogP contribution < -0.4 is 15.5 Å². The standard InChI is InChI=1S/C22H24F3N3O5S/c1-4-33-20(31)21(22(23,24)25,26-17(29)13-8-6-5-7-9-13)27-18-16(19(30)32-3)14-10-11-28(2)12-15(14)34-18/h5-9,27H,4,10-12H2,1-3H3,(H,26,29)/p+1/t21-/m1/s1. The van der Waals surface area contributed by atoms with Crippen molar-refractivity contribution < 1.29 is 41.9 Å². The van der Waals surface area contributed by atoms with Crippen LogP contribution in [0.1, 0.15) is 38.1 Å². The summed E-state index contributed by atoms with van der Waals surface area (Å²) >= 11 is 0.919. The van der Waals surface area contributed by atoms with E-state index in [1.807, 2.05) is 7.05 Å². The fourth-order valence-corrected chi connectivity index (χ4v) is 5.06. The van der Waals surface area contributed by atoms with Crippen molar-refractivity contribution in [3.63, 3.8) is 0 Å². The number of thiophene rings is 1. The largest absolute Gasteiger partial charge is 0.465 e. The molecule has 1 amide bonds. The number of fused-ring (bicyclic) bond motifs is 1. The average Bonchev–Trinajstić information content (AvgIpc) is 3.14. The van der Waals surface area contributed by atoms with E-state index in [0.717, 1.165) is 23.3 Å². The highest BCUT2D eigenvalue weighted by Gasteiger charge is 2.64. The van der Waals surface area contributed by atoms with E-state index in [2.05, 4.69) is 5.32 Å². The Kier molecular flexibility index (Phi) is 7.51. The molecule has 1 unspecified atom stereocenters. The summed E-state index contributed by atoms with van der Waals surface area (Å²) < 4.78 is 53.3. The number of benzene rings is 1. The number of ether oxygens (including phenoxy) is 2. The molecule has 8 nitrogen and oxygen atoms in total. The van der Waals surface area contributed by atoms with Gasteiger partial charge >= 0.3 is 23.8 Å². The summed E-state index contributed by atoms with van der Waals surface area (Å²) in [5, 5.41) is 3.71. The van der Waals surface area contributed by atoms with Gasteiger partial charge in [-0.05, 0) is 24.6 Å². The van der Waals surface area contributed by atoms with Crippen LogP contribution in [0.15, 0.2) is 30.3 Å². The lowest BCUT2D eigenvalue weighted by Crippen LogP contribution is -3.08. The second kappa shape index (κ2) is 10.0. The number of anilines is 1. The Morgan fingerprint density at radius 3 is 2.44 bits per heavy atom. The van der Waals surface area contributed by atoms with Gasteiger partial charge in [0.15, 0.2) is 0 Å². The average molecular weight is 501 g/mol. The summed E-state index contributed by atoms with van der Waals surface area (Å²) in [6.45, 7) is 2.14. The number of rotatable bonds is 7. The van der Waals surface area contributed by atoms with Crippen molar-refractivity contribution >= 4 is 34.2 Å². The van der Waals surface area contributed by atoms with Gasteiger partial charge in [-0.3, -0.25) is 4.79 Å². The maximum Gasteiger partial charge on any atom is 0.441 e. The minimum Gasteiger partial charge on any atom is -0.465 e. The quantitative estimate of drug-likeness (QED) is 0.396. The summed E-state index contributed by atoms with van der Waals surface area (Å²) in [4.78, 5) is 39.9. The predicted octanol–water partition coefficient (Wildman–Crippen LogP) is 1.77. The van der Waals surface area contributed by atoms with Crippen molar-refractivity contribution in [3.8, 4) is 0 Å². The van der Waals surface area contributed by atoms with Crippen molar-refractivity contribution in [3.05, 3.63) is 51.9 Å². The molecule has 2 aromatic rings. The molecule has 3 rings (SSSR count). The molecular formula is C22H25F3N3O5S+. The van der Waals surface area contributed by atoms with Gasteiger partial charge in [-0.25, -0.2) is 9.59 Å². The van der Waals surface area contributed by atoms with E-state index < -0.39 is 29.7 Å². The smallest absolute Gasteiger partial charge is 0.441 e. The fourth-order valence-electron chi connectivity index (χ4n) is 3.66. The Balaban J connectivity index is 2.15. The van der Waals surface area contributed by atoms with Crippen LogP contribution in [-0.2, 0) is 27.2 Å². The van der Waals surface area contributed by atoms with Gasteiger partial charge in [0, 0.05) is 12.0 Å². The molecular weight excluding hydrogens is 475 g/mol. The van der Waals surface area contributed by atoms with E-state index in [9.17, 15) is 27.6 Å². The molecule has 0 spiro atoms. The van der Waals surface area contributed by atoms with Crippen LogP contribution in [0, 0.1) is 0 Å². The monoisotopic (exact) mass is 500 g/mol. The first-order chi connectivity index (χ1) is 16.0. The lowest BCUT2D eigenvalue weighted by Gasteiger charge is -2.35. The Morgan fingerprint density at radius 2 is 1.85 bits per heavy atom. The van der Waals surface area contributed by atoms with E-state index in [1.54, 1.807) is 11.4 Å². The molecule has 2 atom stereocenters. The normalized spacial score (nSPS) is 17.2. The number of esters is 2. The highest BCUT2D eigenvalue weighted by atomic mass is 32.1. The molecule has 3 N–H and O–H groups in total. The third-order valence-electron chi connectivity index (χ3n) is 5.39. The summed E-state index contributed by atoms with van der Waals surface area (Å²) in [6, 6.07) is 7.16. The van der Waals surface area contributed by atoms with E-state index in [-0.39, 0.29) is 22.7 Å². The highest BCUT2D eigenvalue weighted by molar-refractivity contribution is 7.16. The highest BCUT2D eigenvalue weighted by Crippen LogP contribution is 2.40. The number of methoxy groups -OCH3 is 1. The van der Waals surface area contributed by atoms with Crippen LogP contribution in [-0.4, -0.2) is 57.0 Å². The summed E-state index contributed by atoms with van der Waals surface area (Å²) in [5.41, 5.74) is -3.25. The number of nitrogens with one attached hydrogen (secondary N) is 3. The molecule has 1 aliphatic heterocycles. The summed E-state index contributed by atoms with van der Waals surface area (Å²) in [6.07, 6.45) is -4.89. The second-order valence-electron chi connectivity index (χ2n) is 7.75. The molecule has 12 heteroatoms. The van der Waals surface area contributed by atoms with Gasteiger partial charge in [0.2, 0.25) is 0 Å². The number of carbonyl (C=O) groups is 3. The van der Waals surface area contributed by atoms with Crippen molar-refractivity contribution in [2.75, 3.05) is 32.6 Å². The molecule has 0 aliphatic carbocycles. The van der Waals surface area contributed by atoms with Gasteiger partial charge in [-0.15, -0.1) is 11.3 Å². The summed E-state index contributed by atoms with van der Waals surface area (Å²) in [5.74, 6) is -3.74. The Labute approximate surface area is 198 Å². The number of carbonyl (C=O) groups excluding carboxylic acids is 3. The van der Waals surface area contributed by atoms with Crippen LogP contribution >= 0.6 is 11.3 Å². The SMILES string of the molecule is CCOC(=O)[C@@](NC(=O)c1ccccc1)(Nc1sc2c(c1C(=O)OC)CC[NH+](C)C2)C(F)(F)F. The third-order valence-corrected chi connectivity index (χ3v) is 6.54. The van der Waals surface area contributed by atoms with E-state index in [0.29, 0.717) is 30.0 Å². The molecule has 1 aromatic carbocycles. The van der Waals surface area contributed by atoms with Gasteiger partial charge in [0.1, 0.15) is 11.5 Å². The second-order valence-corrected chi connectivity index (χ2v) is 8.85. The van der Waals surface area contributed by atoms with Crippen LogP contribution in [0.5, 0.6) is 0 Å². The van der Waals surface area contributed by atoms with Crippen molar-refractivity contribution in [1.29, 1.82) is 0 Å². The Bertz CT molecular complexity index is 1070. The molecule has 1 aliphatic rings. The van der Waals surface area contributed by atoms with Gasteiger partial charge < -0.3 is 25.0 Å². The van der Waals surface area contributed by atoms with Crippen molar-refractivity contribution in [2.45, 2.75) is 31.7 Å². The maximum absolute atomic E-state index is 14.6. The first-order valence-electron chi connectivity index (χ1n) is 10.5. The third kappa shape index (κ3) is 4.87. The van der Waals surface area contributed by atoms with Crippen molar-refractivity contribution in [1.82, 2.24) is 5.32 Å². The number of amides is 1. The Morgan fingerprint density at radius 1 is 1.18 bits per heavy atom. The number of halogens is 3. The van der Waals surface area contributed by atoms with E-state index >= 15 is 0 Å². The van der Waals surface area contributed by atoms with Crippen LogP contribution in [0.4, 0.5) is 18.2 Å². The van der Waals surface area contributed by atoms with Gasteiger partial charge in [-0.1, -0.05) is 18.2 Å². The Hall–Kier alpha value is -3.12. The molecule has 0 fully saturated rings. The van der Waals surface area contributed by atoms with Crippen LogP contribution in [0.2, 0.25) is 0 Å². The zero-order chi connectivity index (χ0) is 25.1. The van der Waals surface area contributed by atoms with Crippen LogP contribution in [0.3, 0.4) is 0 Å². The maximum atomic E-state index is 14.6. The molecule has 0 bridgehead atoms. The van der Waals surface area contributed by atoms with Crippen LogP contribution in [0.25, 0.3) is 0 Å².